The Morgan fingerprint density at radius 1 is 1.83 bits per heavy atom. The molecule has 1 atom stereocenters. The van der Waals surface area contributed by atoms with Crippen LogP contribution in [0.3, 0.4) is 0 Å². The van der Waals surface area contributed by atoms with Gasteiger partial charge in [0.2, 0.25) is 0 Å². The largest absolute Gasteiger partial charge is 0.487 e. The van der Waals surface area contributed by atoms with Crippen LogP contribution in [-0.2, 0) is 9.39 Å². The van der Waals surface area contributed by atoms with Gasteiger partial charge in [-0.2, -0.15) is 0 Å². The Morgan fingerprint density at radius 2 is 2.58 bits per heavy atom. The van der Waals surface area contributed by atoms with Gasteiger partial charge in [-0.05, 0) is 11.9 Å². The molecule has 1 N–H and O–H groups in total. The molecule has 0 aromatic rings. The molecule has 4 heteroatoms. The Morgan fingerprint density at radius 3 is 3.17 bits per heavy atom. The minimum atomic E-state index is -0.783. The molecule has 0 amide bonds. The fourth-order valence-electron chi connectivity index (χ4n) is 1.18. The Balaban J connectivity index is 2.58. The van der Waals surface area contributed by atoms with Crippen molar-refractivity contribution in [2.75, 3.05) is 13.7 Å². The molecule has 1 fully saturated rings. The zero-order valence-electron chi connectivity index (χ0n) is 7.19. The van der Waals surface area contributed by atoms with E-state index in [4.69, 9.17) is 9.39 Å². The van der Waals surface area contributed by atoms with Crippen LogP contribution < -0.4 is 0 Å². The highest BCUT2D eigenvalue weighted by Crippen LogP contribution is 2.17. The smallest absolute Gasteiger partial charge is 0.423 e. The van der Waals surface area contributed by atoms with Crippen molar-refractivity contribution in [1.82, 2.24) is 0 Å². The van der Waals surface area contributed by atoms with Gasteiger partial charge >= 0.3 is 7.12 Å². The first-order valence-corrected chi connectivity index (χ1v) is 3.92. The lowest BCUT2D eigenvalue weighted by molar-refractivity contribution is 0.0410. The highest BCUT2D eigenvalue weighted by atomic mass is 16.5. The molecule has 1 saturated heterocycles. The molecule has 0 aromatic carbocycles. The first-order chi connectivity index (χ1) is 5.77. The van der Waals surface area contributed by atoms with Gasteiger partial charge in [-0.1, -0.05) is 18.7 Å². The predicted molar refractivity (Wildman–Crippen MR) is 47.6 cm³/mol. The summed E-state index contributed by atoms with van der Waals surface area (Å²) in [5, 5.41) is 9.32. The minimum absolute atomic E-state index is 0.0552. The summed E-state index contributed by atoms with van der Waals surface area (Å²) in [6.07, 6.45) is 4.17. The number of allylic oxidation sites excluding steroid dienone is 2. The molecule has 0 bridgehead atoms. The Labute approximate surface area is 72.8 Å². The van der Waals surface area contributed by atoms with E-state index in [1.165, 1.54) is 0 Å². The topological polar surface area (TPSA) is 38.7 Å². The van der Waals surface area contributed by atoms with E-state index >= 15 is 0 Å². The van der Waals surface area contributed by atoms with Crippen LogP contribution >= 0.6 is 0 Å². The van der Waals surface area contributed by atoms with Crippen LogP contribution in [0, 0.1) is 0 Å². The van der Waals surface area contributed by atoms with E-state index in [1.54, 1.807) is 19.3 Å². The number of ether oxygens (including phenoxy) is 1. The van der Waals surface area contributed by atoms with Crippen LogP contribution in [0.5, 0.6) is 0 Å². The zero-order valence-corrected chi connectivity index (χ0v) is 7.19. The SMILES string of the molecule is C=C/C=C1\CC(OC)COB1O. The molecule has 1 heterocycles. The fraction of sp³-hybridized carbons (Fsp3) is 0.500. The summed E-state index contributed by atoms with van der Waals surface area (Å²) in [6.45, 7) is 4.01. The van der Waals surface area contributed by atoms with E-state index in [-0.39, 0.29) is 6.10 Å². The zero-order chi connectivity index (χ0) is 8.97. The van der Waals surface area contributed by atoms with Crippen LogP contribution in [0.4, 0.5) is 0 Å². The number of rotatable bonds is 2. The molecule has 0 spiro atoms. The summed E-state index contributed by atoms with van der Waals surface area (Å²) < 4.78 is 10.2. The number of methoxy groups -OCH3 is 1. The monoisotopic (exact) mass is 168 g/mol. The molecule has 0 aliphatic carbocycles. The maximum Gasteiger partial charge on any atom is 0.487 e. The van der Waals surface area contributed by atoms with Gasteiger partial charge in [0.05, 0.1) is 12.7 Å². The fourth-order valence-corrected chi connectivity index (χ4v) is 1.18. The normalized spacial score (nSPS) is 27.7. The molecule has 1 unspecified atom stereocenters. The summed E-state index contributed by atoms with van der Waals surface area (Å²) in [6, 6.07) is 0. The Kier molecular flexibility index (Phi) is 3.53. The summed E-state index contributed by atoms with van der Waals surface area (Å²) >= 11 is 0. The standard InChI is InChI=1S/C8H13BO3/c1-3-4-7-5-8(11-2)6-12-9(7)10/h3-4,8,10H,1,5-6H2,2H3/b7-4+. The van der Waals surface area contributed by atoms with Gasteiger partial charge in [0.15, 0.2) is 0 Å². The molecule has 1 aliphatic rings. The third-order valence-electron chi connectivity index (χ3n) is 1.89. The van der Waals surface area contributed by atoms with Crippen LogP contribution in [0.1, 0.15) is 6.42 Å². The van der Waals surface area contributed by atoms with Gasteiger partial charge in [-0.3, -0.25) is 0 Å². The quantitative estimate of drug-likeness (QED) is 0.612. The van der Waals surface area contributed by atoms with Crippen molar-refractivity contribution in [2.45, 2.75) is 12.5 Å². The van der Waals surface area contributed by atoms with Gasteiger partial charge in [-0.15, -0.1) is 0 Å². The van der Waals surface area contributed by atoms with Gasteiger partial charge in [-0.25, -0.2) is 0 Å². The molecule has 1 rings (SSSR count). The molecule has 1 aliphatic heterocycles. The van der Waals surface area contributed by atoms with E-state index in [9.17, 15) is 5.02 Å². The molecular weight excluding hydrogens is 155 g/mol. The molecule has 66 valence electrons. The summed E-state index contributed by atoms with van der Waals surface area (Å²) in [5.41, 5.74) is 0.822. The van der Waals surface area contributed by atoms with Crippen molar-refractivity contribution in [3.05, 3.63) is 24.2 Å². The first kappa shape index (κ1) is 9.51. The number of hydrogen-bond acceptors (Lipinski definition) is 3. The van der Waals surface area contributed by atoms with Crippen molar-refractivity contribution < 1.29 is 14.4 Å². The van der Waals surface area contributed by atoms with E-state index in [2.05, 4.69) is 6.58 Å². The summed E-state index contributed by atoms with van der Waals surface area (Å²) in [4.78, 5) is 0. The van der Waals surface area contributed by atoms with Gasteiger partial charge < -0.3 is 14.4 Å². The maximum atomic E-state index is 9.32. The van der Waals surface area contributed by atoms with Crippen molar-refractivity contribution in [2.24, 2.45) is 0 Å². The van der Waals surface area contributed by atoms with Crippen molar-refractivity contribution in [3.8, 4) is 0 Å². The second kappa shape index (κ2) is 4.45. The predicted octanol–water partition coefficient (Wildman–Crippen LogP) is 0.554. The van der Waals surface area contributed by atoms with E-state index in [0.717, 1.165) is 5.47 Å². The van der Waals surface area contributed by atoms with Crippen LogP contribution in [-0.4, -0.2) is 32.0 Å². The van der Waals surface area contributed by atoms with E-state index in [1.807, 2.05) is 0 Å². The third-order valence-corrected chi connectivity index (χ3v) is 1.89. The minimum Gasteiger partial charge on any atom is -0.423 e. The lowest BCUT2D eigenvalue weighted by Gasteiger charge is -2.24. The maximum absolute atomic E-state index is 9.32. The first-order valence-electron chi connectivity index (χ1n) is 3.92. The van der Waals surface area contributed by atoms with E-state index in [0.29, 0.717) is 13.0 Å². The lowest BCUT2D eigenvalue weighted by Crippen LogP contribution is -2.36. The van der Waals surface area contributed by atoms with Crippen molar-refractivity contribution >= 4 is 7.12 Å². The Bertz CT molecular complexity index is 191. The summed E-state index contributed by atoms with van der Waals surface area (Å²) in [5.74, 6) is 0. The second-order valence-electron chi connectivity index (χ2n) is 2.72. The van der Waals surface area contributed by atoms with Crippen molar-refractivity contribution in [1.29, 1.82) is 0 Å². The van der Waals surface area contributed by atoms with Crippen molar-refractivity contribution in [3.63, 3.8) is 0 Å². The molecule has 12 heavy (non-hydrogen) atoms. The van der Waals surface area contributed by atoms with Crippen LogP contribution in [0.25, 0.3) is 0 Å². The molecule has 3 nitrogen and oxygen atoms in total. The molecule has 0 saturated carbocycles. The lowest BCUT2D eigenvalue weighted by atomic mass is 9.73. The van der Waals surface area contributed by atoms with Crippen LogP contribution in [0.2, 0.25) is 0 Å². The second-order valence-corrected chi connectivity index (χ2v) is 2.72. The highest BCUT2D eigenvalue weighted by Gasteiger charge is 2.28. The molecule has 0 radical (unpaired) electrons. The van der Waals surface area contributed by atoms with Crippen LogP contribution in [0.15, 0.2) is 24.2 Å². The average molecular weight is 168 g/mol. The van der Waals surface area contributed by atoms with E-state index < -0.39 is 7.12 Å². The van der Waals surface area contributed by atoms with Gasteiger partial charge in [0.1, 0.15) is 0 Å². The number of hydrogen-bond donors (Lipinski definition) is 1. The molecular formula is C8H13BO3. The third kappa shape index (κ3) is 2.20. The Hall–Kier alpha value is -0.575. The molecule has 0 aromatic heterocycles. The highest BCUT2D eigenvalue weighted by molar-refractivity contribution is 6.52. The van der Waals surface area contributed by atoms with Gasteiger partial charge in [0, 0.05) is 7.11 Å². The average Bonchev–Trinajstić information content (AvgIpc) is 2.09. The van der Waals surface area contributed by atoms with Gasteiger partial charge in [0.25, 0.3) is 0 Å². The summed E-state index contributed by atoms with van der Waals surface area (Å²) in [7, 11) is 0.853.